The lowest BCUT2D eigenvalue weighted by molar-refractivity contribution is -0.157. The van der Waals surface area contributed by atoms with E-state index in [1.807, 2.05) is 46.8 Å². The summed E-state index contributed by atoms with van der Waals surface area (Å²) in [6, 6.07) is 5.38. The van der Waals surface area contributed by atoms with Crippen LogP contribution in [0.5, 0.6) is 0 Å². The van der Waals surface area contributed by atoms with Gasteiger partial charge < -0.3 is 19.8 Å². The maximum Gasteiger partial charge on any atom is 0.410 e. The number of hydrogen-bond acceptors (Lipinski definition) is 5. The molecule has 2 N–H and O–H groups in total. The van der Waals surface area contributed by atoms with Crippen LogP contribution in [-0.2, 0) is 32.7 Å². The van der Waals surface area contributed by atoms with E-state index in [0.29, 0.717) is 38.2 Å². The summed E-state index contributed by atoms with van der Waals surface area (Å²) in [4.78, 5) is 40.3. The molecule has 1 aromatic rings. The number of piperazine rings is 1. The van der Waals surface area contributed by atoms with Crippen LogP contribution in [0, 0.1) is 0 Å². The van der Waals surface area contributed by atoms with E-state index < -0.39 is 23.0 Å². The molecule has 1 aliphatic rings. The quantitative estimate of drug-likeness (QED) is 0.615. The van der Waals surface area contributed by atoms with Crippen LogP contribution in [0.4, 0.5) is 4.79 Å². The fourth-order valence-corrected chi connectivity index (χ4v) is 4.30. The number of aliphatic carboxylic acids is 2. The maximum atomic E-state index is 12.4. The highest BCUT2D eigenvalue weighted by Crippen LogP contribution is 2.33. The molecule has 2 rings (SSSR count). The summed E-state index contributed by atoms with van der Waals surface area (Å²) in [6.45, 7) is 13.6. The lowest BCUT2D eigenvalue weighted by Crippen LogP contribution is -2.54. The van der Waals surface area contributed by atoms with Crippen LogP contribution >= 0.6 is 0 Å². The largest absolute Gasteiger partial charge is 0.480 e. The van der Waals surface area contributed by atoms with E-state index in [2.05, 4.69) is 4.90 Å². The Bertz CT molecular complexity index is 847. The highest BCUT2D eigenvalue weighted by atomic mass is 16.6. The Hall–Kier alpha value is -2.61. The van der Waals surface area contributed by atoms with E-state index in [9.17, 15) is 24.6 Å². The second-order valence-electron chi connectivity index (χ2n) is 9.47. The first kappa shape index (κ1) is 25.6. The maximum absolute atomic E-state index is 12.4. The molecule has 1 saturated heterocycles. The molecule has 0 radical (unpaired) electrons. The average Bonchev–Trinajstić information content (AvgIpc) is 2.67. The van der Waals surface area contributed by atoms with Crippen molar-refractivity contribution in [2.75, 3.05) is 19.6 Å². The molecular weight excluding hydrogens is 412 g/mol. The number of benzene rings is 1. The third-order valence-electron chi connectivity index (χ3n) is 6.02. The number of carbonyl (C=O) groups is 3. The van der Waals surface area contributed by atoms with Crippen LogP contribution in [0.25, 0.3) is 0 Å². The summed E-state index contributed by atoms with van der Waals surface area (Å²) in [5, 5.41) is 19.5. The molecule has 0 spiro atoms. The smallest absolute Gasteiger partial charge is 0.410 e. The Labute approximate surface area is 190 Å². The number of hydrogen-bond donors (Lipinski definition) is 2. The topological polar surface area (TPSA) is 107 Å². The van der Waals surface area contributed by atoms with Gasteiger partial charge in [0.05, 0.1) is 0 Å². The second-order valence-corrected chi connectivity index (χ2v) is 9.47. The van der Waals surface area contributed by atoms with Crippen LogP contribution in [0.1, 0.15) is 64.7 Å². The molecule has 0 aromatic heterocycles. The minimum Gasteiger partial charge on any atom is -0.480 e. The Morgan fingerprint density at radius 3 is 2.19 bits per heavy atom. The summed E-state index contributed by atoms with van der Waals surface area (Å²) in [6.07, 6.45) is 0.197. The molecule has 1 aliphatic heterocycles. The molecule has 0 unspecified atom stereocenters. The van der Waals surface area contributed by atoms with Crippen molar-refractivity contribution in [3.63, 3.8) is 0 Å². The van der Waals surface area contributed by atoms with Crippen LogP contribution in [0.15, 0.2) is 18.2 Å². The van der Waals surface area contributed by atoms with Crippen molar-refractivity contribution in [1.82, 2.24) is 9.80 Å². The number of amides is 1. The predicted octanol–water partition coefficient (Wildman–Crippen LogP) is 3.51. The van der Waals surface area contributed by atoms with E-state index in [-0.39, 0.29) is 18.6 Å². The summed E-state index contributed by atoms with van der Waals surface area (Å²) >= 11 is 0. The van der Waals surface area contributed by atoms with Gasteiger partial charge >= 0.3 is 18.0 Å². The van der Waals surface area contributed by atoms with Gasteiger partial charge in [0.1, 0.15) is 5.60 Å². The van der Waals surface area contributed by atoms with Crippen molar-refractivity contribution < 1.29 is 29.3 Å². The molecule has 32 heavy (non-hydrogen) atoms. The van der Waals surface area contributed by atoms with Gasteiger partial charge in [-0.1, -0.05) is 32.0 Å². The molecule has 1 fully saturated rings. The molecule has 1 aromatic carbocycles. The van der Waals surface area contributed by atoms with Crippen molar-refractivity contribution >= 4 is 18.0 Å². The Morgan fingerprint density at radius 2 is 1.72 bits per heavy atom. The zero-order valence-electron chi connectivity index (χ0n) is 20.0. The van der Waals surface area contributed by atoms with Gasteiger partial charge in [-0.05, 0) is 57.2 Å². The molecule has 178 valence electrons. The van der Waals surface area contributed by atoms with E-state index in [1.165, 1.54) is 0 Å². The van der Waals surface area contributed by atoms with Gasteiger partial charge in [-0.2, -0.15) is 0 Å². The van der Waals surface area contributed by atoms with Crippen LogP contribution in [-0.4, -0.2) is 69.3 Å². The molecular formula is C24H36N2O6. The third-order valence-corrected chi connectivity index (χ3v) is 6.02. The summed E-state index contributed by atoms with van der Waals surface area (Å²) in [5.41, 5.74) is -0.420. The molecule has 1 atom stereocenters. The number of carboxylic acid groups (broad SMARTS) is 2. The van der Waals surface area contributed by atoms with Gasteiger partial charge in [0.15, 0.2) is 5.41 Å². The lowest BCUT2D eigenvalue weighted by Gasteiger charge is -2.40. The number of aryl methyl sites for hydroxylation is 1. The molecule has 0 bridgehead atoms. The summed E-state index contributed by atoms with van der Waals surface area (Å²) in [5.74, 6) is -2.69. The van der Waals surface area contributed by atoms with Crippen molar-refractivity contribution in [3.05, 3.63) is 34.9 Å². The first-order chi connectivity index (χ1) is 14.9. The molecule has 1 amide bonds. The Balaban J connectivity index is 2.18. The molecule has 8 nitrogen and oxygen atoms in total. The zero-order chi connectivity index (χ0) is 24.3. The van der Waals surface area contributed by atoms with E-state index >= 15 is 0 Å². The van der Waals surface area contributed by atoms with E-state index in [4.69, 9.17) is 4.74 Å². The van der Waals surface area contributed by atoms with Gasteiger partial charge in [-0.25, -0.2) is 4.79 Å². The fraction of sp³-hybridized carbons (Fsp3) is 0.625. The van der Waals surface area contributed by atoms with Crippen molar-refractivity contribution in [1.29, 1.82) is 0 Å². The second kappa shape index (κ2) is 9.90. The summed E-state index contributed by atoms with van der Waals surface area (Å²) < 4.78 is 5.50. The monoisotopic (exact) mass is 448 g/mol. The minimum absolute atomic E-state index is 0.00437. The van der Waals surface area contributed by atoms with Crippen LogP contribution < -0.4 is 0 Å². The van der Waals surface area contributed by atoms with Gasteiger partial charge in [0.25, 0.3) is 0 Å². The number of nitrogens with zero attached hydrogens (tertiary/aromatic N) is 2. The fourth-order valence-electron chi connectivity index (χ4n) is 4.30. The number of carbonyl (C=O) groups excluding carboxylic acids is 1. The normalized spacial score (nSPS) is 17.8. The number of carboxylic acids is 2. The predicted molar refractivity (Wildman–Crippen MR) is 121 cm³/mol. The van der Waals surface area contributed by atoms with Crippen molar-refractivity contribution in [2.45, 2.75) is 78.0 Å². The standard InChI is InChI=1S/C24H36N2O6/c1-7-18-13-17(9-10-19(18)24(8-2,20(27)28)21(29)30)15-25-11-12-26(16(3)14-25)22(31)32-23(4,5)6/h9-10,13,16H,7-8,11-12,14-15H2,1-6H3,(H,27,28)(H,29,30)/t16-/m0/s1. The van der Waals surface area contributed by atoms with Crippen molar-refractivity contribution in [3.8, 4) is 0 Å². The molecule has 0 saturated carbocycles. The Kier molecular flexibility index (Phi) is 7.93. The summed E-state index contributed by atoms with van der Waals surface area (Å²) in [7, 11) is 0. The number of ether oxygens (including phenoxy) is 1. The average molecular weight is 449 g/mol. The van der Waals surface area contributed by atoms with Gasteiger partial charge in [-0.15, -0.1) is 0 Å². The first-order valence-electron chi connectivity index (χ1n) is 11.2. The molecule has 8 heteroatoms. The highest BCUT2D eigenvalue weighted by Gasteiger charge is 2.47. The minimum atomic E-state index is -1.95. The van der Waals surface area contributed by atoms with Gasteiger partial charge in [0.2, 0.25) is 0 Å². The van der Waals surface area contributed by atoms with Gasteiger partial charge in [0, 0.05) is 32.2 Å². The van der Waals surface area contributed by atoms with E-state index in [0.717, 1.165) is 11.1 Å². The number of rotatable bonds is 7. The SMILES string of the molecule is CCc1cc(CN2CCN(C(=O)OC(C)(C)C)[C@@H](C)C2)ccc1C(CC)(C(=O)O)C(=O)O. The lowest BCUT2D eigenvalue weighted by atomic mass is 9.75. The van der Waals surface area contributed by atoms with Crippen LogP contribution in [0.3, 0.4) is 0 Å². The van der Waals surface area contributed by atoms with E-state index in [1.54, 1.807) is 17.9 Å². The Morgan fingerprint density at radius 1 is 1.09 bits per heavy atom. The molecule has 1 heterocycles. The van der Waals surface area contributed by atoms with Crippen LogP contribution in [0.2, 0.25) is 0 Å². The molecule has 0 aliphatic carbocycles. The first-order valence-corrected chi connectivity index (χ1v) is 11.2. The van der Waals surface area contributed by atoms with Gasteiger partial charge in [-0.3, -0.25) is 14.5 Å². The highest BCUT2D eigenvalue weighted by molar-refractivity contribution is 6.05. The zero-order valence-corrected chi connectivity index (χ0v) is 20.0. The van der Waals surface area contributed by atoms with Crippen molar-refractivity contribution in [2.24, 2.45) is 0 Å². The third kappa shape index (κ3) is 5.41.